The Morgan fingerprint density at radius 1 is 1.18 bits per heavy atom. The Labute approximate surface area is 104 Å². The van der Waals surface area contributed by atoms with E-state index in [0.717, 1.165) is 13.0 Å². The second-order valence-electron chi connectivity index (χ2n) is 4.38. The summed E-state index contributed by atoms with van der Waals surface area (Å²) >= 11 is 0. The molecule has 0 spiro atoms. The van der Waals surface area contributed by atoms with E-state index >= 15 is 0 Å². The second kappa shape index (κ2) is 8.99. The van der Waals surface area contributed by atoms with Gasteiger partial charge in [-0.05, 0) is 12.5 Å². The Morgan fingerprint density at radius 3 is 2.71 bits per heavy atom. The van der Waals surface area contributed by atoms with Gasteiger partial charge in [-0.15, -0.1) is 0 Å². The summed E-state index contributed by atoms with van der Waals surface area (Å²) in [6.07, 6.45) is 11.2. The van der Waals surface area contributed by atoms with Crippen LogP contribution in [0.3, 0.4) is 0 Å². The molecule has 0 fully saturated rings. The standard InChI is InChI=1S/C14H23NO2/c1-2-3-4-5-6-7-11-17-13-15-10-8-9-14(16)12-15/h8-10,12H,2-7,11,13H2,1H3/p+1. The molecule has 0 radical (unpaired) electrons. The molecule has 1 N–H and O–H groups in total. The number of rotatable bonds is 9. The van der Waals surface area contributed by atoms with E-state index in [1.807, 2.05) is 16.8 Å². The molecule has 96 valence electrons. The van der Waals surface area contributed by atoms with Crippen LogP contribution in [0.4, 0.5) is 0 Å². The molecule has 3 heteroatoms. The van der Waals surface area contributed by atoms with Crippen molar-refractivity contribution >= 4 is 0 Å². The number of hydrogen-bond donors (Lipinski definition) is 1. The Kier molecular flexibility index (Phi) is 7.39. The average molecular weight is 238 g/mol. The van der Waals surface area contributed by atoms with Gasteiger partial charge in [0.15, 0.2) is 11.9 Å². The van der Waals surface area contributed by atoms with Gasteiger partial charge in [-0.2, -0.15) is 4.57 Å². The number of ether oxygens (including phenoxy) is 1. The lowest BCUT2D eigenvalue weighted by atomic mass is 10.1. The molecular weight excluding hydrogens is 214 g/mol. The normalized spacial score (nSPS) is 10.6. The molecular formula is C14H24NO2+. The fourth-order valence-electron chi connectivity index (χ4n) is 1.74. The number of nitrogens with zero attached hydrogens (tertiary/aromatic N) is 1. The first-order valence-corrected chi connectivity index (χ1v) is 6.58. The number of aromatic hydroxyl groups is 1. The van der Waals surface area contributed by atoms with Crippen molar-refractivity contribution < 1.29 is 14.4 Å². The van der Waals surface area contributed by atoms with E-state index in [-0.39, 0.29) is 5.75 Å². The van der Waals surface area contributed by atoms with Crippen LogP contribution in [0.2, 0.25) is 0 Å². The van der Waals surface area contributed by atoms with E-state index < -0.39 is 0 Å². The maximum absolute atomic E-state index is 9.26. The molecule has 0 saturated carbocycles. The molecule has 1 heterocycles. The van der Waals surface area contributed by atoms with Crippen LogP contribution in [0, 0.1) is 0 Å². The Balaban J connectivity index is 1.97. The second-order valence-corrected chi connectivity index (χ2v) is 4.38. The van der Waals surface area contributed by atoms with Crippen LogP contribution in [0.1, 0.15) is 45.4 Å². The predicted molar refractivity (Wildman–Crippen MR) is 67.6 cm³/mol. The van der Waals surface area contributed by atoms with Crippen molar-refractivity contribution in [3.8, 4) is 5.75 Å². The van der Waals surface area contributed by atoms with Gasteiger partial charge in [-0.1, -0.05) is 39.0 Å². The number of pyridine rings is 1. The Morgan fingerprint density at radius 2 is 1.94 bits per heavy atom. The largest absolute Gasteiger partial charge is 0.503 e. The highest BCUT2D eigenvalue weighted by atomic mass is 16.5. The van der Waals surface area contributed by atoms with Gasteiger partial charge in [0.1, 0.15) is 0 Å². The van der Waals surface area contributed by atoms with Crippen molar-refractivity contribution in [2.75, 3.05) is 6.61 Å². The van der Waals surface area contributed by atoms with Crippen molar-refractivity contribution in [2.45, 2.75) is 52.2 Å². The van der Waals surface area contributed by atoms with Crippen LogP contribution in [0.5, 0.6) is 5.75 Å². The first-order valence-electron chi connectivity index (χ1n) is 6.58. The SMILES string of the molecule is CCCCCCCCOC[n+]1cccc(O)c1. The molecule has 1 aromatic rings. The average Bonchev–Trinajstić information content (AvgIpc) is 2.33. The minimum atomic E-state index is 0.274. The summed E-state index contributed by atoms with van der Waals surface area (Å²) in [5, 5.41) is 9.26. The maximum Gasteiger partial charge on any atom is 0.252 e. The lowest BCUT2D eigenvalue weighted by molar-refractivity contribution is -0.733. The van der Waals surface area contributed by atoms with Crippen LogP contribution in [0.15, 0.2) is 24.5 Å². The molecule has 0 bridgehead atoms. The third kappa shape index (κ3) is 6.95. The summed E-state index contributed by atoms with van der Waals surface area (Å²) in [4.78, 5) is 0. The number of aromatic nitrogens is 1. The summed E-state index contributed by atoms with van der Waals surface area (Å²) in [5.74, 6) is 0.274. The summed E-state index contributed by atoms with van der Waals surface area (Å²) in [6, 6.07) is 3.47. The highest BCUT2D eigenvalue weighted by Crippen LogP contribution is 2.05. The monoisotopic (exact) mass is 238 g/mol. The third-order valence-corrected chi connectivity index (χ3v) is 2.73. The van der Waals surface area contributed by atoms with E-state index in [1.165, 1.54) is 32.1 Å². The van der Waals surface area contributed by atoms with Gasteiger partial charge in [0, 0.05) is 6.07 Å². The topological polar surface area (TPSA) is 33.3 Å². The molecule has 17 heavy (non-hydrogen) atoms. The van der Waals surface area contributed by atoms with Crippen molar-refractivity contribution in [3.63, 3.8) is 0 Å². The van der Waals surface area contributed by atoms with Gasteiger partial charge in [0.05, 0.1) is 6.61 Å². The zero-order chi connectivity index (χ0) is 12.3. The molecule has 0 aromatic carbocycles. The zero-order valence-corrected chi connectivity index (χ0v) is 10.8. The van der Waals surface area contributed by atoms with E-state index in [1.54, 1.807) is 12.3 Å². The van der Waals surface area contributed by atoms with Crippen LogP contribution in [-0.4, -0.2) is 11.7 Å². The molecule has 0 aliphatic carbocycles. The summed E-state index contributed by atoms with van der Waals surface area (Å²) in [7, 11) is 0. The number of unbranched alkanes of at least 4 members (excludes halogenated alkanes) is 5. The fraction of sp³-hybridized carbons (Fsp3) is 0.643. The fourth-order valence-corrected chi connectivity index (χ4v) is 1.74. The lowest BCUT2D eigenvalue weighted by Crippen LogP contribution is -2.34. The highest BCUT2D eigenvalue weighted by Gasteiger charge is 2.00. The van der Waals surface area contributed by atoms with Gasteiger partial charge < -0.3 is 9.84 Å². The Hall–Kier alpha value is -1.09. The van der Waals surface area contributed by atoms with Crippen molar-refractivity contribution in [3.05, 3.63) is 24.5 Å². The quantitative estimate of drug-likeness (QED) is 0.530. The molecule has 1 aromatic heterocycles. The number of hydrogen-bond acceptors (Lipinski definition) is 2. The third-order valence-electron chi connectivity index (χ3n) is 2.73. The van der Waals surface area contributed by atoms with Gasteiger partial charge >= 0.3 is 0 Å². The van der Waals surface area contributed by atoms with Crippen molar-refractivity contribution in [1.82, 2.24) is 0 Å². The summed E-state index contributed by atoms with van der Waals surface area (Å²) in [6.45, 7) is 3.55. The molecule has 1 rings (SSSR count). The molecule has 0 amide bonds. The van der Waals surface area contributed by atoms with Crippen molar-refractivity contribution in [2.24, 2.45) is 0 Å². The lowest BCUT2D eigenvalue weighted by Gasteiger charge is -2.01. The van der Waals surface area contributed by atoms with E-state index in [2.05, 4.69) is 6.92 Å². The Bertz CT molecular complexity index is 302. The zero-order valence-electron chi connectivity index (χ0n) is 10.8. The van der Waals surface area contributed by atoms with Gasteiger partial charge in [-0.3, -0.25) is 0 Å². The summed E-state index contributed by atoms with van der Waals surface area (Å²) < 4.78 is 7.37. The molecule has 3 nitrogen and oxygen atoms in total. The highest BCUT2D eigenvalue weighted by molar-refractivity contribution is 5.09. The van der Waals surface area contributed by atoms with Gasteiger partial charge in [0.2, 0.25) is 6.20 Å². The first-order chi connectivity index (χ1) is 8.33. The smallest absolute Gasteiger partial charge is 0.252 e. The van der Waals surface area contributed by atoms with Crippen LogP contribution in [-0.2, 0) is 11.5 Å². The maximum atomic E-state index is 9.26. The molecule has 0 atom stereocenters. The van der Waals surface area contributed by atoms with Gasteiger partial charge in [-0.25, -0.2) is 0 Å². The molecule has 0 aliphatic heterocycles. The van der Waals surface area contributed by atoms with E-state index in [9.17, 15) is 5.11 Å². The minimum Gasteiger partial charge on any atom is -0.503 e. The van der Waals surface area contributed by atoms with E-state index in [0.29, 0.717) is 6.73 Å². The first kappa shape index (κ1) is 14.0. The summed E-state index contributed by atoms with van der Waals surface area (Å²) in [5.41, 5.74) is 0. The van der Waals surface area contributed by atoms with E-state index in [4.69, 9.17) is 4.74 Å². The van der Waals surface area contributed by atoms with Crippen LogP contribution in [0.25, 0.3) is 0 Å². The van der Waals surface area contributed by atoms with Crippen LogP contribution < -0.4 is 4.57 Å². The van der Waals surface area contributed by atoms with Crippen molar-refractivity contribution in [1.29, 1.82) is 0 Å². The molecule has 0 aliphatic rings. The molecule has 0 saturated heterocycles. The molecule has 0 unspecified atom stereocenters. The van der Waals surface area contributed by atoms with Gasteiger partial charge in [0.25, 0.3) is 6.73 Å². The minimum absolute atomic E-state index is 0.274. The predicted octanol–water partition coefficient (Wildman–Crippen LogP) is 3.01. The van der Waals surface area contributed by atoms with Crippen LogP contribution >= 0.6 is 0 Å².